The van der Waals surface area contributed by atoms with Gasteiger partial charge in [-0.3, -0.25) is 0 Å². The Bertz CT molecular complexity index is 478. The van der Waals surface area contributed by atoms with Gasteiger partial charge in [-0.25, -0.2) is 0 Å². The van der Waals surface area contributed by atoms with E-state index in [4.69, 9.17) is 0 Å². The van der Waals surface area contributed by atoms with Crippen molar-refractivity contribution in [3.63, 3.8) is 0 Å². The molecule has 0 saturated carbocycles. The molecule has 1 saturated heterocycles. The molecular weight excluding hydrogens is 248 g/mol. The fourth-order valence-corrected chi connectivity index (χ4v) is 3.80. The molecule has 1 fully saturated rings. The summed E-state index contributed by atoms with van der Waals surface area (Å²) in [7, 11) is 0. The van der Waals surface area contributed by atoms with E-state index in [1.54, 1.807) is 0 Å². The van der Waals surface area contributed by atoms with Crippen molar-refractivity contribution in [1.82, 2.24) is 5.32 Å². The molecule has 110 valence electrons. The Morgan fingerprint density at radius 1 is 1.30 bits per heavy atom. The summed E-state index contributed by atoms with van der Waals surface area (Å²) < 4.78 is 0. The number of β-amino-alcohol motifs (C(OH)–C–C–N with tert-alkyl or cyclic N) is 1. The Balaban J connectivity index is 2.02. The van der Waals surface area contributed by atoms with Crippen molar-refractivity contribution < 1.29 is 5.11 Å². The summed E-state index contributed by atoms with van der Waals surface area (Å²) in [4.78, 5) is 2.38. The summed E-state index contributed by atoms with van der Waals surface area (Å²) in [5, 5.41) is 12.8. The van der Waals surface area contributed by atoms with Crippen LogP contribution in [0.2, 0.25) is 0 Å². The zero-order chi connectivity index (χ0) is 14.2. The van der Waals surface area contributed by atoms with E-state index in [0.29, 0.717) is 11.3 Å². The second-order valence-corrected chi connectivity index (χ2v) is 6.61. The van der Waals surface area contributed by atoms with Gasteiger partial charge in [-0.15, -0.1) is 0 Å². The zero-order valence-corrected chi connectivity index (χ0v) is 12.7. The first kappa shape index (κ1) is 13.9. The molecule has 0 radical (unpaired) electrons. The molecule has 3 nitrogen and oxygen atoms in total. The van der Waals surface area contributed by atoms with Crippen LogP contribution in [0.3, 0.4) is 0 Å². The summed E-state index contributed by atoms with van der Waals surface area (Å²) in [5.41, 5.74) is 4.62. The molecule has 0 unspecified atom stereocenters. The molecule has 2 aliphatic heterocycles. The van der Waals surface area contributed by atoms with Crippen LogP contribution >= 0.6 is 0 Å². The lowest BCUT2D eigenvalue weighted by Gasteiger charge is -2.35. The molecule has 1 aromatic carbocycles. The Labute approximate surface area is 122 Å². The van der Waals surface area contributed by atoms with Crippen LogP contribution < -0.4 is 10.2 Å². The van der Waals surface area contributed by atoms with Crippen LogP contribution in [0.1, 0.15) is 43.7 Å². The fraction of sp³-hybridized carbons (Fsp3) is 0.647. The van der Waals surface area contributed by atoms with Gasteiger partial charge in [0.1, 0.15) is 0 Å². The van der Waals surface area contributed by atoms with Gasteiger partial charge in [0.2, 0.25) is 0 Å². The third-order valence-corrected chi connectivity index (χ3v) is 5.02. The second kappa shape index (κ2) is 5.38. The number of benzene rings is 1. The number of anilines is 1. The van der Waals surface area contributed by atoms with Crippen molar-refractivity contribution in [1.29, 1.82) is 0 Å². The quantitative estimate of drug-likeness (QED) is 0.887. The highest BCUT2D eigenvalue weighted by molar-refractivity contribution is 5.64. The summed E-state index contributed by atoms with van der Waals surface area (Å²) in [6.45, 7) is 8.81. The zero-order valence-electron chi connectivity index (χ0n) is 12.7. The van der Waals surface area contributed by atoms with Gasteiger partial charge in [-0.1, -0.05) is 26.0 Å². The maximum Gasteiger partial charge on any atom is 0.0606 e. The number of nitrogens with one attached hydrogen (secondary N) is 1. The van der Waals surface area contributed by atoms with Crippen molar-refractivity contribution in [3.05, 3.63) is 29.3 Å². The molecule has 1 aromatic rings. The number of fused-ring (bicyclic) bond motifs is 2. The van der Waals surface area contributed by atoms with Gasteiger partial charge in [-0.2, -0.15) is 0 Å². The highest BCUT2D eigenvalue weighted by atomic mass is 16.3. The van der Waals surface area contributed by atoms with Gasteiger partial charge in [0.05, 0.1) is 6.61 Å². The molecule has 20 heavy (non-hydrogen) atoms. The number of piperidine rings is 1. The third-order valence-electron chi connectivity index (χ3n) is 5.02. The summed E-state index contributed by atoms with van der Waals surface area (Å²) in [6, 6.07) is 6.97. The Morgan fingerprint density at radius 2 is 2.05 bits per heavy atom. The monoisotopic (exact) mass is 274 g/mol. The van der Waals surface area contributed by atoms with Crippen molar-refractivity contribution in [2.45, 2.75) is 38.0 Å². The molecule has 3 heteroatoms. The predicted octanol–water partition coefficient (Wildman–Crippen LogP) is 2.24. The second-order valence-electron chi connectivity index (χ2n) is 6.61. The molecule has 0 atom stereocenters. The number of nitrogens with zero attached hydrogens (tertiary/aromatic N) is 1. The summed E-state index contributed by atoms with van der Waals surface area (Å²) >= 11 is 0. The van der Waals surface area contributed by atoms with E-state index in [9.17, 15) is 5.11 Å². The molecule has 0 bridgehead atoms. The minimum Gasteiger partial charge on any atom is -0.395 e. The van der Waals surface area contributed by atoms with E-state index >= 15 is 0 Å². The van der Waals surface area contributed by atoms with Crippen LogP contribution in [-0.4, -0.2) is 37.9 Å². The highest BCUT2D eigenvalue weighted by Gasteiger charge is 2.43. The molecular formula is C17H26N2O. The molecule has 2 N–H and O–H groups in total. The first-order valence-corrected chi connectivity index (χ1v) is 7.87. The number of hydrogen-bond donors (Lipinski definition) is 2. The average Bonchev–Trinajstić information content (AvgIpc) is 2.74. The lowest BCUT2D eigenvalue weighted by atomic mass is 9.74. The minimum absolute atomic E-state index is 0.236. The Morgan fingerprint density at radius 3 is 2.70 bits per heavy atom. The van der Waals surface area contributed by atoms with Gasteiger partial charge in [-0.05, 0) is 49.0 Å². The van der Waals surface area contributed by atoms with Crippen LogP contribution in [-0.2, 0) is 5.41 Å². The van der Waals surface area contributed by atoms with E-state index in [0.717, 1.165) is 26.2 Å². The average molecular weight is 274 g/mol. The van der Waals surface area contributed by atoms with Crippen LogP contribution in [0.15, 0.2) is 18.2 Å². The van der Waals surface area contributed by atoms with E-state index in [1.807, 2.05) is 0 Å². The largest absolute Gasteiger partial charge is 0.395 e. The van der Waals surface area contributed by atoms with Crippen LogP contribution in [0.5, 0.6) is 0 Å². The molecule has 0 aromatic heterocycles. The maximum atomic E-state index is 9.33. The molecule has 3 rings (SSSR count). The van der Waals surface area contributed by atoms with E-state index in [2.05, 4.69) is 42.3 Å². The molecule has 1 spiro atoms. The lowest BCUT2D eigenvalue weighted by molar-refractivity contribution is 0.290. The van der Waals surface area contributed by atoms with Crippen molar-refractivity contribution in [3.8, 4) is 0 Å². The van der Waals surface area contributed by atoms with Crippen LogP contribution in [0.4, 0.5) is 5.69 Å². The first-order valence-electron chi connectivity index (χ1n) is 7.87. The van der Waals surface area contributed by atoms with E-state index in [1.165, 1.54) is 29.7 Å². The maximum absolute atomic E-state index is 9.33. The number of aliphatic hydroxyl groups excluding tert-OH is 1. The molecule has 0 aliphatic carbocycles. The summed E-state index contributed by atoms with van der Waals surface area (Å²) in [6.07, 6.45) is 2.42. The van der Waals surface area contributed by atoms with Crippen molar-refractivity contribution >= 4 is 5.69 Å². The highest BCUT2D eigenvalue weighted by Crippen LogP contribution is 2.46. The Kier molecular flexibility index (Phi) is 3.74. The molecule has 2 aliphatic rings. The van der Waals surface area contributed by atoms with Gasteiger partial charge < -0.3 is 15.3 Å². The van der Waals surface area contributed by atoms with Crippen LogP contribution in [0, 0.1) is 0 Å². The molecule has 0 amide bonds. The third kappa shape index (κ3) is 2.23. The number of rotatable bonds is 3. The van der Waals surface area contributed by atoms with Crippen LogP contribution in [0.25, 0.3) is 0 Å². The van der Waals surface area contributed by atoms with Gasteiger partial charge >= 0.3 is 0 Å². The smallest absolute Gasteiger partial charge is 0.0606 e. The number of hydrogen-bond acceptors (Lipinski definition) is 3. The first-order chi connectivity index (χ1) is 9.66. The van der Waals surface area contributed by atoms with Gasteiger partial charge in [0, 0.05) is 24.2 Å². The normalized spacial score (nSPS) is 20.7. The molecule has 2 heterocycles. The van der Waals surface area contributed by atoms with E-state index < -0.39 is 0 Å². The standard InChI is InChI=1S/C17H26N2O/c1-13(2)14-3-4-16-15(11-14)17(5-7-18-8-6-17)12-19(16)9-10-20/h3-4,11,13,18,20H,5-10,12H2,1-2H3. The van der Waals surface area contributed by atoms with E-state index in [-0.39, 0.29) is 6.61 Å². The van der Waals surface area contributed by atoms with Gasteiger partial charge in [0.25, 0.3) is 0 Å². The predicted molar refractivity (Wildman–Crippen MR) is 83.6 cm³/mol. The number of aliphatic hydroxyl groups is 1. The van der Waals surface area contributed by atoms with Gasteiger partial charge in [0.15, 0.2) is 0 Å². The van der Waals surface area contributed by atoms with Crippen molar-refractivity contribution in [2.24, 2.45) is 0 Å². The lowest BCUT2D eigenvalue weighted by Crippen LogP contribution is -2.43. The topological polar surface area (TPSA) is 35.5 Å². The fourth-order valence-electron chi connectivity index (χ4n) is 3.80. The SMILES string of the molecule is CC(C)c1ccc2c(c1)C1(CCNCC1)CN2CCO. The summed E-state index contributed by atoms with van der Waals surface area (Å²) in [5.74, 6) is 0.575. The Hall–Kier alpha value is -1.06. The minimum atomic E-state index is 0.236. The van der Waals surface area contributed by atoms with Crippen molar-refractivity contribution in [2.75, 3.05) is 37.7 Å².